The smallest absolute Gasteiger partial charge is 0.331 e. The summed E-state index contributed by atoms with van der Waals surface area (Å²) < 4.78 is 10.2. The molecule has 0 amide bonds. The number of pyridine rings is 1. The van der Waals surface area contributed by atoms with Gasteiger partial charge in [0.25, 0.3) is 5.56 Å². The van der Waals surface area contributed by atoms with Gasteiger partial charge in [0.1, 0.15) is 11.9 Å². The van der Waals surface area contributed by atoms with Crippen molar-refractivity contribution >= 4 is 33.2 Å². The molecule has 10 heteroatoms. The number of fused-ring (bicyclic) bond motifs is 1. The van der Waals surface area contributed by atoms with Gasteiger partial charge >= 0.3 is 5.69 Å². The summed E-state index contributed by atoms with van der Waals surface area (Å²) >= 11 is 8.02. The van der Waals surface area contributed by atoms with Crippen molar-refractivity contribution in [2.24, 2.45) is 7.05 Å². The number of hydrogen-bond acceptors (Lipinski definition) is 7. The summed E-state index contributed by atoms with van der Waals surface area (Å²) in [6.07, 6.45) is 5.20. The number of benzene rings is 1. The van der Waals surface area contributed by atoms with Gasteiger partial charge in [-0.3, -0.25) is 19.2 Å². The molecule has 37 heavy (non-hydrogen) atoms. The van der Waals surface area contributed by atoms with Crippen molar-refractivity contribution in [3.05, 3.63) is 79.0 Å². The van der Waals surface area contributed by atoms with Crippen molar-refractivity contribution in [1.82, 2.24) is 19.0 Å². The minimum Gasteiger partial charge on any atom is -0.488 e. The Labute approximate surface area is 223 Å². The van der Waals surface area contributed by atoms with Gasteiger partial charge in [-0.15, -0.1) is 11.3 Å². The monoisotopic (exact) mass is 540 g/mol. The van der Waals surface area contributed by atoms with E-state index in [0.29, 0.717) is 11.6 Å². The third-order valence-corrected chi connectivity index (χ3v) is 8.07. The van der Waals surface area contributed by atoms with Crippen LogP contribution >= 0.6 is 22.9 Å². The molecule has 0 saturated carbocycles. The fourth-order valence-electron chi connectivity index (χ4n) is 4.90. The number of aromatic nitrogens is 3. The zero-order valence-electron chi connectivity index (χ0n) is 20.8. The third-order valence-electron chi connectivity index (χ3n) is 6.71. The Hall–Kier alpha value is -2.98. The van der Waals surface area contributed by atoms with Crippen LogP contribution in [0, 0.1) is 6.92 Å². The fourth-order valence-corrected chi connectivity index (χ4v) is 6.30. The average molecular weight is 541 g/mol. The number of ether oxygens (including phenoxy) is 1. The largest absolute Gasteiger partial charge is 0.488 e. The molecule has 1 atom stereocenters. The van der Waals surface area contributed by atoms with E-state index in [4.69, 9.17) is 16.3 Å². The lowest BCUT2D eigenvalue weighted by Crippen LogP contribution is -2.42. The molecule has 1 aliphatic heterocycles. The molecule has 0 spiro atoms. The fraction of sp³-hybridized carbons (Fsp3) is 0.370. The van der Waals surface area contributed by atoms with Crippen LogP contribution in [0.2, 0.25) is 5.02 Å². The quantitative estimate of drug-likeness (QED) is 0.385. The summed E-state index contributed by atoms with van der Waals surface area (Å²) in [6.45, 7) is 4.67. The molecular weight excluding hydrogens is 512 g/mol. The summed E-state index contributed by atoms with van der Waals surface area (Å²) in [5.74, 6) is 0.788. The van der Waals surface area contributed by atoms with E-state index in [1.165, 1.54) is 32.7 Å². The van der Waals surface area contributed by atoms with Gasteiger partial charge in [-0.05, 0) is 56.1 Å². The van der Waals surface area contributed by atoms with Gasteiger partial charge in [-0.1, -0.05) is 11.6 Å². The Morgan fingerprint density at radius 3 is 2.86 bits per heavy atom. The van der Waals surface area contributed by atoms with Crippen molar-refractivity contribution in [3.63, 3.8) is 0 Å². The minimum absolute atomic E-state index is 0.0105. The third kappa shape index (κ3) is 5.36. The van der Waals surface area contributed by atoms with Gasteiger partial charge in [0.2, 0.25) is 0 Å². The maximum absolute atomic E-state index is 12.5. The number of aryl methyl sites for hydroxylation is 2. The molecule has 0 bridgehead atoms. The molecule has 3 aromatic heterocycles. The van der Waals surface area contributed by atoms with E-state index in [2.05, 4.69) is 9.88 Å². The van der Waals surface area contributed by atoms with Crippen LogP contribution in [0.4, 0.5) is 0 Å². The van der Waals surface area contributed by atoms with Crippen LogP contribution in [-0.2, 0) is 13.6 Å². The molecule has 1 aliphatic rings. The number of aliphatic hydroxyl groups excluding tert-OH is 1. The first kappa shape index (κ1) is 25.7. The summed E-state index contributed by atoms with van der Waals surface area (Å²) in [6, 6.07) is 9.10. The van der Waals surface area contributed by atoms with Gasteiger partial charge in [0.15, 0.2) is 0 Å². The van der Waals surface area contributed by atoms with Crippen LogP contribution in [0.15, 0.2) is 52.3 Å². The Morgan fingerprint density at radius 1 is 1.22 bits per heavy atom. The predicted molar refractivity (Wildman–Crippen MR) is 147 cm³/mol. The summed E-state index contributed by atoms with van der Waals surface area (Å²) in [5.41, 5.74) is 2.87. The normalized spacial score (nSPS) is 16.4. The molecule has 1 fully saturated rings. The van der Waals surface area contributed by atoms with Crippen molar-refractivity contribution in [1.29, 1.82) is 0 Å². The first-order valence-electron chi connectivity index (χ1n) is 12.3. The Bertz CT molecular complexity index is 1560. The molecule has 8 nitrogen and oxygen atoms in total. The van der Waals surface area contributed by atoms with Crippen LogP contribution in [0.3, 0.4) is 0 Å². The topological polar surface area (TPSA) is 89.6 Å². The highest BCUT2D eigenvalue weighted by molar-refractivity contribution is 7.19. The number of thiophene rings is 1. The van der Waals surface area contributed by atoms with E-state index >= 15 is 0 Å². The van der Waals surface area contributed by atoms with Gasteiger partial charge in [0.05, 0.1) is 23.4 Å². The zero-order valence-corrected chi connectivity index (χ0v) is 22.4. The van der Waals surface area contributed by atoms with E-state index < -0.39 is 0 Å². The molecule has 1 unspecified atom stereocenters. The van der Waals surface area contributed by atoms with Crippen molar-refractivity contribution in [2.75, 3.05) is 26.2 Å². The minimum atomic E-state index is -0.359. The maximum Gasteiger partial charge on any atom is 0.331 e. The highest BCUT2D eigenvalue weighted by Gasteiger charge is 2.24. The van der Waals surface area contributed by atoms with Crippen LogP contribution in [0.1, 0.15) is 23.3 Å². The molecule has 1 N–H and O–H groups in total. The predicted octanol–water partition coefficient (Wildman–Crippen LogP) is 3.67. The lowest BCUT2D eigenvalue weighted by Gasteiger charge is -2.33. The van der Waals surface area contributed by atoms with Crippen molar-refractivity contribution < 1.29 is 9.84 Å². The summed E-state index contributed by atoms with van der Waals surface area (Å²) in [4.78, 5) is 32.5. The molecule has 0 aliphatic carbocycles. The number of halogens is 1. The molecule has 194 valence electrons. The Morgan fingerprint density at radius 2 is 2.05 bits per heavy atom. The standard InChI is InChI=1S/C27H29ClN4O4S/c1-17-12-18(28)13-22(25(17)36-19-4-3-8-31(15-19)10-11-33)21-5-7-29-23-14-20(37-26(21)23)16-32-24(34)6-9-30(2)27(32)35/h5-7,9,12-14,19,33H,3-4,8,10-11,15-16H2,1-2H3. The van der Waals surface area contributed by atoms with Gasteiger partial charge in [-0.25, -0.2) is 4.79 Å². The number of aliphatic hydroxyl groups is 1. The highest BCUT2D eigenvalue weighted by Crippen LogP contribution is 2.42. The molecule has 0 radical (unpaired) electrons. The first-order chi connectivity index (χ1) is 17.8. The van der Waals surface area contributed by atoms with E-state index in [1.807, 2.05) is 31.2 Å². The molecule has 4 aromatic rings. The van der Waals surface area contributed by atoms with Crippen LogP contribution in [0.25, 0.3) is 21.3 Å². The molecule has 1 saturated heterocycles. The SMILES string of the molecule is Cc1cc(Cl)cc(-c2ccnc3cc(Cn4c(=O)ccn(C)c4=O)sc23)c1OC1CCCN(CCO)C1. The zero-order chi connectivity index (χ0) is 26.1. The highest BCUT2D eigenvalue weighted by atomic mass is 35.5. The molecule has 4 heterocycles. The Kier molecular flexibility index (Phi) is 7.48. The number of hydrogen-bond donors (Lipinski definition) is 1. The molecule has 5 rings (SSSR count). The van der Waals surface area contributed by atoms with E-state index in [9.17, 15) is 14.7 Å². The van der Waals surface area contributed by atoms with Gasteiger partial charge in [0, 0.05) is 59.6 Å². The van der Waals surface area contributed by atoms with Crippen LogP contribution in [0.5, 0.6) is 5.75 Å². The number of rotatable bonds is 7. The second kappa shape index (κ2) is 10.8. The molecular formula is C27H29ClN4O4S. The maximum atomic E-state index is 12.5. The summed E-state index contributed by atoms with van der Waals surface area (Å²) in [5, 5.41) is 9.98. The second-order valence-electron chi connectivity index (χ2n) is 9.42. The van der Waals surface area contributed by atoms with E-state index in [-0.39, 0.29) is 30.5 Å². The first-order valence-corrected chi connectivity index (χ1v) is 13.5. The van der Waals surface area contributed by atoms with E-state index in [0.717, 1.165) is 63.5 Å². The number of likely N-dealkylation sites (tertiary alicyclic amines) is 1. The number of β-amino-alcohol motifs (C(OH)–C–C–N with tert-alkyl or cyclic N) is 1. The lowest BCUT2D eigenvalue weighted by atomic mass is 10.0. The average Bonchev–Trinajstić information content (AvgIpc) is 3.29. The lowest BCUT2D eigenvalue weighted by molar-refractivity contribution is 0.0767. The second-order valence-corrected chi connectivity index (χ2v) is 11.0. The van der Waals surface area contributed by atoms with Crippen molar-refractivity contribution in [2.45, 2.75) is 32.4 Å². The molecule has 1 aromatic carbocycles. The van der Waals surface area contributed by atoms with Gasteiger partial charge < -0.3 is 14.4 Å². The van der Waals surface area contributed by atoms with Crippen LogP contribution < -0.4 is 16.0 Å². The number of piperidine rings is 1. The van der Waals surface area contributed by atoms with Crippen LogP contribution in [-0.4, -0.2) is 56.5 Å². The Balaban J connectivity index is 1.54. The van der Waals surface area contributed by atoms with Crippen molar-refractivity contribution in [3.8, 4) is 16.9 Å². The van der Waals surface area contributed by atoms with E-state index in [1.54, 1.807) is 13.2 Å². The number of nitrogens with zero attached hydrogens (tertiary/aromatic N) is 4. The van der Waals surface area contributed by atoms with Gasteiger partial charge in [-0.2, -0.15) is 0 Å². The summed E-state index contributed by atoms with van der Waals surface area (Å²) in [7, 11) is 1.63.